The Kier molecular flexibility index (Phi) is 6.95. The van der Waals surface area contributed by atoms with Gasteiger partial charge in [-0.1, -0.05) is 30.3 Å². The molecular weight excluding hydrogens is 458 g/mol. The number of aliphatic hydroxyl groups is 1. The molecule has 0 atom stereocenters. The van der Waals surface area contributed by atoms with E-state index in [0.29, 0.717) is 53.8 Å². The number of nitrogens with zero attached hydrogens (tertiary/aromatic N) is 4. The van der Waals surface area contributed by atoms with E-state index in [2.05, 4.69) is 17.1 Å². The monoisotopic (exact) mass is 493 g/mol. The van der Waals surface area contributed by atoms with Crippen molar-refractivity contribution in [1.29, 1.82) is 0 Å². The largest absolute Gasteiger partial charge is 0.493 e. The molecule has 1 fully saturated rings. The van der Waals surface area contributed by atoms with Gasteiger partial charge >= 0.3 is 0 Å². The van der Waals surface area contributed by atoms with Gasteiger partial charge in [-0.15, -0.1) is 0 Å². The molecule has 1 amide bonds. The highest BCUT2D eigenvalue weighted by Gasteiger charge is 2.41. The van der Waals surface area contributed by atoms with Crippen LogP contribution in [0.25, 0.3) is 10.9 Å². The first-order valence-corrected chi connectivity index (χ1v) is 12.1. The Morgan fingerprint density at radius 1 is 1.11 bits per heavy atom. The number of nitrogen functional groups attached to an aromatic ring is 1. The van der Waals surface area contributed by atoms with Gasteiger partial charge in [0, 0.05) is 43.5 Å². The van der Waals surface area contributed by atoms with Gasteiger partial charge in [0.2, 0.25) is 5.95 Å². The Hall–Kier alpha value is -3.59. The number of likely N-dealkylation sites (N-methyl/N-ethyl adjacent to an activating group) is 1. The molecule has 1 aromatic heterocycles. The van der Waals surface area contributed by atoms with Crippen LogP contribution in [0.4, 0.5) is 11.8 Å². The predicted octanol–water partition coefficient (Wildman–Crippen LogP) is 3.00. The number of benzene rings is 2. The van der Waals surface area contributed by atoms with Crippen LogP contribution >= 0.6 is 0 Å². The van der Waals surface area contributed by atoms with Crippen molar-refractivity contribution in [3.05, 3.63) is 48.0 Å². The Morgan fingerprint density at radius 3 is 2.31 bits per heavy atom. The molecule has 3 aromatic rings. The Labute approximate surface area is 211 Å². The molecule has 9 heteroatoms. The number of carbonyl (C=O) groups is 1. The summed E-state index contributed by atoms with van der Waals surface area (Å²) in [5.41, 5.74) is 6.60. The molecule has 3 N–H and O–H groups in total. The maximum Gasteiger partial charge on any atom is 0.253 e. The third-order valence-electron chi connectivity index (χ3n) is 7.02. The van der Waals surface area contributed by atoms with Gasteiger partial charge in [-0.05, 0) is 38.3 Å². The lowest BCUT2D eigenvalue weighted by Gasteiger charge is -2.45. The minimum atomic E-state index is -1.39. The fourth-order valence-electron chi connectivity index (χ4n) is 5.02. The van der Waals surface area contributed by atoms with Crippen LogP contribution < -0.4 is 20.1 Å². The van der Waals surface area contributed by atoms with Gasteiger partial charge in [-0.2, -0.15) is 4.98 Å². The van der Waals surface area contributed by atoms with E-state index in [-0.39, 0.29) is 11.3 Å². The number of piperidine rings is 1. The number of nitrogens with two attached hydrogens (primary N) is 1. The zero-order chi connectivity index (χ0) is 26.1. The molecule has 2 aromatic carbocycles. The van der Waals surface area contributed by atoms with E-state index >= 15 is 0 Å². The van der Waals surface area contributed by atoms with Crippen molar-refractivity contribution in [3.63, 3.8) is 0 Å². The number of likely N-dealkylation sites (tertiary alicyclic amines) is 1. The Bertz CT molecular complexity index is 1230. The second kappa shape index (κ2) is 9.81. The van der Waals surface area contributed by atoms with Crippen LogP contribution in [-0.4, -0.2) is 72.4 Å². The fraction of sp³-hybridized carbons (Fsp3) is 0.444. The van der Waals surface area contributed by atoms with Crippen LogP contribution in [0.1, 0.15) is 32.3 Å². The normalized spacial score (nSPS) is 15.6. The minimum Gasteiger partial charge on any atom is -0.493 e. The molecule has 1 saturated heterocycles. The lowest BCUT2D eigenvalue weighted by atomic mass is 9.72. The number of fused-ring (bicyclic) bond motifs is 1. The van der Waals surface area contributed by atoms with Gasteiger partial charge in [0.05, 0.1) is 19.7 Å². The molecule has 0 spiro atoms. The number of hydrogen-bond donors (Lipinski definition) is 2. The molecule has 36 heavy (non-hydrogen) atoms. The molecular formula is C27H35N5O4. The van der Waals surface area contributed by atoms with Crippen molar-refractivity contribution >= 4 is 28.6 Å². The predicted molar refractivity (Wildman–Crippen MR) is 141 cm³/mol. The summed E-state index contributed by atoms with van der Waals surface area (Å²) in [7, 11) is 5.12. The first-order valence-electron chi connectivity index (χ1n) is 12.1. The summed E-state index contributed by atoms with van der Waals surface area (Å²) in [6, 6.07) is 13.9. The average molecular weight is 494 g/mol. The molecule has 0 radical (unpaired) electrons. The Balaban J connectivity index is 1.65. The van der Waals surface area contributed by atoms with Crippen molar-refractivity contribution in [2.45, 2.75) is 37.7 Å². The molecule has 1 aliphatic rings. The van der Waals surface area contributed by atoms with E-state index < -0.39 is 5.60 Å². The van der Waals surface area contributed by atoms with Crippen LogP contribution in [0.3, 0.4) is 0 Å². The maximum absolute atomic E-state index is 12.7. The quantitative estimate of drug-likeness (QED) is 0.516. The van der Waals surface area contributed by atoms with E-state index in [1.54, 1.807) is 31.3 Å². The fourth-order valence-corrected chi connectivity index (χ4v) is 5.02. The van der Waals surface area contributed by atoms with Crippen molar-refractivity contribution in [2.24, 2.45) is 0 Å². The van der Waals surface area contributed by atoms with Crippen LogP contribution in [-0.2, 0) is 10.2 Å². The molecule has 1 aliphatic heterocycles. The van der Waals surface area contributed by atoms with E-state index in [1.807, 2.05) is 30.1 Å². The van der Waals surface area contributed by atoms with E-state index in [1.165, 1.54) is 19.4 Å². The number of amides is 1. The van der Waals surface area contributed by atoms with Crippen LogP contribution in [0.15, 0.2) is 42.5 Å². The molecule has 0 bridgehead atoms. The lowest BCUT2D eigenvalue weighted by molar-refractivity contribution is -0.149. The highest BCUT2D eigenvalue weighted by atomic mass is 16.5. The second-order valence-electron chi connectivity index (χ2n) is 9.99. The first kappa shape index (κ1) is 25.5. The molecule has 4 rings (SSSR count). The van der Waals surface area contributed by atoms with Gasteiger partial charge in [0.15, 0.2) is 11.5 Å². The second-order valence-corrected chi connectivity index (χ2v) is 9.99. The zero-order valence-corrected chi connectivity index (χ0v) is 21.6. The standard InChI is InChI=1S/C27H35N5O4/c1-26(2,34)24(33)32-13-11-27(12-14-32,18-9-7-6-8-10-18)17-31(3)25-29-20-16-22(36-5)21(35-4)15-19(20)23(28)30-25/h6-10,15-16,34H,11-14,17H2,1-5H3,(H2,28,29,30). The number of aromatic nitrogens is 2. The highest BCUT2D eigenvalue weighted by Crippen LogP contribution is 2.38. The van der Waals surface area contributed by atoms with E-state index in [0.717, 1.165) is 12.8 Å². The summed E-state index contributed by atoms with van der Waals surface area (Å²) < 4.78 is 10.8. The maximum atomic E-state index is 12.7. The number of carbonyl (C=O) groups excluding carboxylic acids is 1. The Morgan fingerprint density at radius 2 is 1.72 bits per heavy atom. The van der Waals surface area contributed by atoms with Crippen LogP contribution in [0, 0.1) is 0 Å². The van der Waals surface area contributed by atoms with Gasteiger partial charge in [-0.25, -0.2) is 4.98 Å². The lowest BCUT2D eigenvalue weighted by Crippen LogP contribution is -2.54. The van der Waals surface area contributed by atoms with Crippen molar-refractivity contribution in [3.8, 4) is 11.5 Å². The number of methoxy groups -OCH3 is 2. The number of ether oxygens (including phenoxy) is 2. The van der Waals surface area contributed by atoms with Crippen molar-refractivity contribution in [2.75, 3.05) is 51.5 Å². The number of anilines is 2. The number of hydrogen-bond acceptors (Lipinski definition) is 8. The summed E-state index contributed by atoms with van der Waals surface area (Å²) in [5.74, 6) is 1.77. The van der Waals surface area contributed by atoms with Crippen molar-refractivity contribution in [1.82, 2.24) is 14.9 Å². The zero-order valence-electron chi connectivity index (χ0n) is 21.6. The summed E-state index contributed by atoms with van der Waals surface area (Å²) in [6.07, 6.45) is 1.49. The molecule has 0 aliphatic carbocycles. The molecule has 192 valence electrons. The van der Waals surface area contributed by atoms with E-state index in [4.69, 9.17) is 20.2 Å². The average Bonchev–Trinajstić information content (AvgIpc) is 2.87. The molecule has 2 heterocycles. The summed E-state index contributed by atoms with van der Waals surface area (Å²) >= 11 is 0. The van der Waals surface area contributed by atoms with Gasteiger partial charge in [-0.3, -0.25) is 4.79 Å². The van der Waals surface area contributed by atoms with Gasteiger partial charge < -0.3 is 30.1 Å². The molecule has 0 unspecified atom stereocenters. The summed E-state index contributed by atoms with van der Waals surface area (Å²) in [5, 5.41) is 10.9. The third kappa shape index (κ3) is 4.88. The summed E-state index contributed by atoms with van der Waals surface area (Å²) in [6.45, 7) is 4.83. The summed E-state index contributed by atoms with van der Waals surface area (Å²) in [4.78, 5) is 25.8. The SMILES string of the molecule is COc1cc2nc(N(C)CC3(c4ccccc4)CCN(C(=O)C(C)(C)O)CC3)nc(N)c2cc1OC. The van der Waals surface area contributed by atoms with Crippen molar-refractivity contribution < 1.29 is 19.4 Å². The van der Waals surface area contributed by atoms with Crippen LogP contribution in [0.2, 0.25) is 0 Å². The topological polar surface area (TPSA) is 114 Å². The van der Waals surface area contributed by atoms with Crippen LogP contribution in [0.5, 0.6) is 11.5 Å². The minimum absolute atomic E-state index is 0.225. The third-order valence-corrected chi connectivity index (χ3v) is 7.02. The van der Waals surface area contributed by atoms with E-state index in [9.17, 15) is 9.90 Å². The first-order chi connectivity index (χ1) is 17.1. The smallest absolute Gasteiger partial charge is 0.253 e. The highest BCUT2D eigenvalue weighted by molar-refractivity contribution is 5.91. The van der Waals surface area contributed by atoms with Gasteiger partial charge in [0.1, 0.15) is 11.4 Å². The number of rotatable bonds is 7. The van der Waals surface area contributed by atoms with Gasteiger partial charge in [0.25, 0.3) is 5.91 Å². The molecule has 0 saturated carbocycles. The molecule has 9 nitrogen and oxygen atoms in total.